The van der Waals surface area contributed by atoms with E-state index in [0.29, 0.717) is 0 Å². The highest BCUT2D eigenvalue weighted by molar-refractivity contribution is 6.30. The third kappa shape index (κ3) is 7.89. The zero-order valence-electron chi connectivity index (χ0n) is 15.0. The van der Waals surface area contributed by atoms with Gasteiger partial charge in [0.05, 0.1) is 29.8 Å². The molecule has 150 valence electrons. The molecule has 0 saturated carbocycles. The van der Waals surface area contributed by atoms with Crippen LogP contribution in [0.25, 0.3) is 0 Å². The van der Waals surface area contributed by atoms with Crippen LogP contribution in [0, 0.1) is 5.82 Å². The predicted molar refractivity (Wildman–Crippen MR) is 101 cm³/mol. The van der Waals surface area contributed by atoms with E-state index in [1.165, 1.54) is 12.1 Å². The van der Waals surface area contributed by atoms with Crippen molar-refractivity contribution in [2.75, 3.05) is 13.2 Å². The first-order valence-corrected chi connectivity index (χ1v) is 9.01. The Bertz CT molecular complexity index is 792. The number of aliphatic hydroxyl groups is 1. The third-order valence-corrected chi connectivity index (χ3v) is 3.98. The van der Waals surface area contributed by atoms with Crippen molar-refractivity contribution in [2.45, 2.75) is 25.5 Å². The smallest absolute Gasteiger partial charge is 0.257 e. The number of amides is 2. The van der Waals surface area contributed by atoms with Crippen LogP contribution < -0.4 is 15.4 Å². The molecule has 3 N–H and O–H groups in total. The van der Waals surface area contributed by atoms with Gasteiger partial charge in [0.1, 0.15) is 11.6 Å². The number of nitrogens with one attached hydrogen (secondary N) is 2. The van der Waals surface area contributed by atoms with E-state index in [2.05, 4.69) is 15.6 Å². The number of ether oxygens (including phenoxy) is 1. The molecule has 0 aliphatic heterocycles. The molecule has 0 saturated heterocycles. The van der Waals surface area contributed by atoms with Gasteiger partial charge in [-0.3, -0.25) is 14.6 Å². The van der Waals surface area contributed by atoms with Crippen molar-refractivity contribution in [3.8, 4) is 5.75 Å². The van der Waals surface area contributed by atoms with Crippen LogP contribution in [0.4, 0.5) is 4.39 Å². The molecule has 0 bridgehead atoms. The summed E-state index contributed by atoms with van der Waals surface area (Å²) >= 11 is 5.56. The van der Waals surface area contributed by atoms with Gasteiger partial charge in [-0.25, -0.2) is 4.39 Å². The van der Waals surface area contributed by atoms with Crippen molar-refractivity contribution in [1.82, 2.24) is 15.6 Å². The van der Waals surface area contributed by atoms with E-state index < -0.39 is 17.8 Å². The predicted octanol–water partition coefficient (Wildman–Crippen LogP) is 1.83. The molecule has 0 radical (unpaired) electrons. The highest BCUT2D eigenvalue weighted by atomic mass is 35.5. The van der Waals surface area contributed by atoms with Crippen LogP contribution >= 0.6 is 11.6 Å². The van der Waals surface area contributed by atoms with Gasteiger partial charge in [-0.1, -0.05) is 17.7 Å². The van der Waals surface area contributed by atoms with E-state index in [1.54, 1.807) is 18.3 Å². The molecule has 2 aromatic rings. The Morgan fingerprint density at radius 2 is 2.04 bits per heavy atom. The maximum absolute atomic E-state index is 13.3. The lowest BCUT2D eigenvalue weighted by molar-refractivity contribution is -0.123. The number of benzene rings is 1. The zero-order valence-corrected chi connectivity index (χ0v) is 15.8. The Morgan fingerprint density at radius 3 is 2.75 bits per heavy atom. The van der Waals surface area contributed by atoms with E-state index in [-0.39, 0.29) is 49.2 Å². The normalized spacial score (nSPS) is 11.5. The lowest BCUT2D eigenvalue weighted by Gasteiger charge is -2.12. The molecule has 0 aliphatic rings. The van der Waals surface area contributed by atoms with E-state index >= 15 is 0 Å². The molecule has 1 aromatic carbocycles. The Kier molecular flexibility index (Phi) is 8.64. The average molecular weight is 410 g/mol. The molecule has 1 aromatic heterocycles. The van der Waals surface area contributed by atoms with Crippen molar-refractivity contribution in [3.63, 3.8) is 0 Å². The van der Waals surface area contributed by atoms with Crippen LogP contribution in [-0.4, -0.2) is 41.2 Å². The number of rotatable bonds is 10. The van der Waals surface area contributed by atoms with Gasteiger partial charge in [0.2, 0.25) is 5.91 Å². The number of carbonyl (C=O) groups excluding carboxylic acids is 2. The molecule has 1 heterocycles. The molecular formula is C19H21ClFN3O4. The van der Waals surface area contributed by atoms with Crippen LogP contribution in [0.1, 0.15) is 18.5 Å². The number of aromatic nitrogens is 1. The SMILES string of the molecule is O=C(COc1ccc(Cl)c(F)c1)NCCC(O)CC(=O)NCc1ccccn1. The van der Waals surface area contributed by atoms with Gasteiger partial charge < -0.3 is 20.5 Å². The second-order valence-electron chi connectivity index (χ2n) is 5.96. The summed E-state index contributed by atoms with van der Waals surface area (Å²) in [5.74, 6) is -1.19. The van der Waals surface area contributed by atoms with Gasteiger partial charge in [-0.2, -0.15) is 0 Å². The number of carbonyl (C=O) groups is 2. The maximum Gasteiger partial charge on any atom is 0.257 e. The number of halogens is 2. The van der Waals surface area contributed by atoms with Crippen LogP contribution in [0.2, 0.25) is 5.02 Å². The van der Waals surface area contributed by atoms with E-state index in [1.807, 2.05) is 6.07 Å². The molecule has 0 spiro atoms. The summed E-state index contributed by atoms with van der Waals surface area (Å²) < 4.78 is 18.4. The standard InChI is InChI=1S/C19H21ClFN3O4/c20-16-5-4-15(10-17(16)21)28-12-19(27)23-8-6-14(25)9-18(26)24-11-13-3-1-2-7-22-13/h1-5,7,10,14,25H,6,8-9,11-12H2,(H,23,27)(H,24,26). The third-order valence-electron chi connectivity index (χ3n) is 3.67. The summed E-state index contributed by atoms with van der Waals surface area (Å²) in [7, 11) is 0. The van der Waals surface area contributed by atoms with E-state index in [0.717, 1.165) is 11.8 Å². The second-order valence-corrected chi connectivity index (χ2v) is 6.37. The van der Waals surface area contributed by atoms with Crippen LogP contribution in [0.5, 0.6) is 5.75 Å². The number of hydrogen-bond acceptors (Lipinski definition) is 5. The lowest BCUT2D eigenvalue weighted by atomic mass is 10.2. The fourth-order valence-electron chi connectivity index (χ4n) is 2.22. The van der Waals surface area contributed by atoms with Gasteiger partial charge in [-0.15, -0.1) is 0 Å². The van der Waals surface area contributed by atoms with Crippen molar-refractivity contribution in [3.05, 3.63) is 59.1 Å². The van der Waals surface area contributed by atoms with Crippen molar-refractivity contribution >= 4 is 23.4 Å². The van der Waals surface area contributed by atoms with Gasteiger partial charge >= 0.3 is 0 Å². The van der Waals surface area contributed by atoms with E-state index in [9.17, 15) is 19.1 Å². The molecule has 7 nitrogen and oxygen atoms in total. The van der Waals surface area contributed by atoms with Gasteiger partial charge in [-0.05, 0) is 30.7 Å². The molecule has 9 heteroatoms. The topological polar surface area (TPSA) is 101 Å². The zero-order chi connectivity index (χ0) is 20.4. The number of pyridine rings is 1. The van der Waals surface area contributed by atoms with Crippen molar-refractivity contribution in [1.29, 1.82) is 0 Å². The first kappa shape index (κ1) is 21.6. The highest BCUT2D eigenvalue weighted by Gasteiger charge is 2.12. The summed E-state index contributed by atoms with van der Waals surface area (Å²) in [5.41, 5.74) is 0.721. The van der Waals surface area contributed by atoms with Crippen molar-refractivity contribution < 1.29 is 23.8 Å². The quantitative estimate of drug-likeness (QED) is 0.555. The van der Waals surface area contributed by atoms with Crippen LogP contribution in [-0.2, 0) is 16.1 Å². The Hall–Kier alpha value is -2.71. The summed E-state index contributed by atoms with van der Waals surface area (Å²) in [6.07, 6.45) is 0.864. The van der Waals surface area contributed by atoms with E-state index in [4.69, 9.17) is 16.3 Å². The Morgan fingerprint density at radius 1 is 1.21 bits per heavy atom. The highest BCUT2D eigenvalue weighted by Crippen LogP contribution is 2.20. The van der Waals surface area contributed by atoms with Crippen molar-refractivity contribution in [2.24, 2.45) is 0 Å². The van der Waals surface area contributed by atoms with Gasteiger partial charge in [0.25, 0.3) is 5.91 Å². The fourth-order valence-corrected chi connectivity index (χ4v) is 2.34. The fraction of sp³-hybridized carbons (Fsp3) is 0.316. The first-order chi connectivity index (χ1) is 13.4. The Labute approximate surface area is 166 Å². The molecule has 2 amide bonds. The minimum Gasteiger partial charge on any atom is -0.484 e. The second kappa shape index (κ2) is 11.2. The Balaban J connectivity index is 1.59. The molecule has 2 rings (SSSR count). The maximum atomic E-state index is 13.3. The minimum atomic E-state index is -0.893. The molecule has 1 unspecified atom stereocenters. The molecular weight excluding hydrogens is 389 g/mol. The monoisotopic (exact) mass is 409 g/mol. The summed E-state index contributed by atoms with van der Waals surface area (Å²) in [6.45, 7) is 0.152. The lowest BCUT2D eigenvalue weighted by Crippen LogP contribution is -2.33. The van der Waals surface area contributed by atoms with Gasteiger partial charge in [0.15, 0.2) is 6.61 Å². The van der Waals surface area contributed by atoms with Crippen LogP contribution in [0.15, 0.2) is 42.6 Å². The average Bonchev–Trinajstić information content (AvgIpc) is 2.68. The minimum absolute atomic E-state index is 0.0325. The number of aliphatic hydroxyl groups excluding tert-OH is 1. The largest absolute Gasteiger partial charge is 0.484 e. The summed E-state index contributed by atoms with van der Waals surface area (Å²) in [5, 5.41) is 15.1. The first-order valence-electron chi connectivity index (χ1n) is 8.63. The summed E-state index contributed by atoms with van der Waals surface area (Å²) in [4.78, 5) is 27.6. The van der Waals surface area contributed by atoms with Crippen LogP contribution in [0.3, 0.4) is 0 Å². The number of hydrogen-bond donors (Lipinski definition) is 3. The molecule has 28 heavy (non-hydrogen) atoms. The molecule has 1 atom stereocenters. The molecule has 0 fully saturated rings. The van der Waals surface area contributed by atoms with Gasteiger partial charge in [0, 0.05) is 18.8 Å². The molecule has 0 aliphatic carbocycles. The summed E-state index contributed by atoms with van der Waals surface area (Å²) in [6, 6.07) is 9.25. The number of nitrogens with zero attached hydrogens (tertiary/aromatic N) is 1.